The van der Waals surface area contributed by atoms with Crippen molar-refractivity contribution in [2.24, 2.45) is 5.92 Å². The molecule has 1 N–H and O–H groups in total. The van der Waals surface area contributed by atoms with E-state index >= 15 is 0 Å². The molecule has 0 spiro atoms. The first-order valence-corrected chi connectivity index (χ1v) is 7.93. The molecule has 0 bridgehead atoms. The zero-order valence-corrected chi connectivity index (χ0v) is 12.7. The first-order valence-electron chi connectivity index (χ1n) is 7.93. The molecule has 0 radical (unpaired) electrons. The van der Waals surface area contributed by atoms with E-state index in [-0.39, 0.29) is 12.2 Å². The molecule has 116 valence electrons. The molecule has 1 aliphatic rings. The summed E-state index contributed by atoms with van der Waals surface area (Å²) in [4.78, 5) is 23.7. The lowest BCUT2D eigenvalue weighted by Crippen LogP contribution is -2.07. The summed E-state index contributed by atoms with van der Waals surface area (Å²) in [6.07, 6.45) is 9.19. The van der Waals surface area contributed by atoms with Crippen LogP contribution in [0.2, 0.25) is 0 Å². The highest BCUT2D eigenvalue weighted by Gasteiger charge is 2.28. The number of hydrogen-bond donors (Lipinski definition) is 1. The van der Waals surface area contributed by atoms with Gasteiger partial charge in [-0.05, 0) is 31.2 Å². The molecule has 2 unspecified atom stereocenters. The van der Waals surface area contributed by atoms with Crippen molar-refractivity contribution in [1.82, 2.24) is 19.5 Å². The van der Waals surface area contributed by atoms with Gasteiger partial charge in [0.25, 0.3) is 0 Å². The summed E-state index contributed by atoms with van der Waals surface area (Å²) in [5.74, 6) is 0.438. The summed E-state index contributed by atoms with van der Waals surface area (Å²) in [5.41, 5.74) is 2.89. The topological polar surface area (TPSA) is 87.4 Å². The number of nitrogens with one attached hydrogen (secondary N) is 1. The van der Waals surface area contributed by atoms with Gasteiger partial charge in [0.15, 0.2) is 0 Å². The first-order chi connectivity index (χ1) is 11.3. The number of aromatic amines is 1. The van der Waals surface area contributed by atoms with Crippen LogP contribution in [0.25, 0.3) is 22.1 Å². The van der Waals surface area contributed by atoms with Crippen LogP contribution in [0.1, 0.15) is 38.1 Å². The predicted molar refractivity (Wildman–Crippen MR) is 85.6 cm³/mol. The molecule has 1 fully saturated rings. The fourth-order valence-corrected chi connectivity index (χ4v) is 3.78. The lowest BCUT2D eigenvalue weighted by molar-refractivity contribution is -0.119. The number of H-pyrrole nitrogens is 1. The second kappa shape index (κ2) is 5.51. The average Bonchev–Trinajstić information content (AvgIpc) is 3.24. The normalized spacial score (nSPS) is 21.0. The monoisotopic (exact) mass is 307 g/mol. The zero-order chi connectivity index (χ0) is 15.8. The van der Waals surface area contributed by atoms with Gasteiger partial charge in [0, 0.05) is 24.0 Å². The van der Waals surface area contributed by atoms with Gasteiger partial charge in [-0.2, -0.15) is 5.26 Å². The smallest absolute Gasteiger partial charge is 0.147 e. The van der Waals surface area contributed by atoms with Gasteiger partial charge in [0.2, 0.25) is 0 Å². The lowest BCUT2D eigenvalue weighted by Gasteiger charge is -2.14. The molecule has 1 saturated carbocycles. The number of aromatic nitrogens is 4. The number of carbonyl (C=O) groups is 1. The maximum absolute atomic E-state index is 11.7. The summed E-state index contributed by atoms with van der Waals surface area (Å²) in [6.45, 7) is 0. The highest BCUT2D eigenvalue weighted by Crippen LogP contribution is 2.39. The van der Waals surface area contributed by atoms with Crippen LogP contribution in [-0.4, -0.2) is 25.3 Å². The van der Waals surface area contributed by atoms with Crippen molar-refractivity contribution in [3.63, 3.8) is 0 Å². The minimum Gasteiger partial charge on any atom is -0.346 e. The number of hydrogen-bond acceptors (Lipinski definition) is 4. The minimum atomic E-state index is 0.0326. The van der Waals surface area contributed by atoms with E-state index in [2.05, 4.69) is 19.5 Å². The molecular weight excluding hydrogens is 290 g/mol. The van der Waals surface area contributed by atoms with Crippen LogP contribution in [0.15, 0.2) is 24.8 Å². The van der Waals surface area contributed by atoms with Gasteiger partial charge in [-0.25, -0.2) is 9.97 Å². The summed E-state index contributed by atoms with van der Waals surface area (Å²) >= 11 is 0. The third-order valence-electron chi connectivity index (χ3n) is 4.82. The fraction of sp³-hybridized carbons (Fsp3) is 0.412. The van der Waals surface area contributed by atoms with Crippen LogP contribution in [0.4, 0.5) is 0 Å². The summed E-state index contributed by atoms with van der Waals surface area (Å²) in [6, 6.07) is 4.34. The fourth-order valence-electron chi connectivity index (χ4n) is 3.78. The van der Waals surface area contributed by atoms with Crippen molar-refractivity contribution in [3.05, 3.63) is 24.8 Å². The molecule has 23 heavy (non-hydrogen) atoms. The minimum absolute atomic E-state index is 0.0326. The van der Waals surface area contributed by atoms with Gasteiger partial charge in [0.1, 0.15) is 16.9 Å². The third kappa shape index (κ3) is 2.38. The van der Waals surface area contributed by atoms with E-state index in [4.69, 9.17) is 5.26 Å². The van der Waals surface area contributed by atoms with Crippen LogP contribution in [-0.2, 0) is 4.79 Å². The number of fused-ring (bicyclic) bond motifs is 3. The Hall–Kier alpha value is -2.68. The quantitative estimate of drug-likeness (QED) is 0.802. The number of imidazole rings is 1. The Morgan fingerprint density at radius 2 is 2.35 bits per heavy atom. The molecule has 0 aromatic carbocycles. The first kappa shape index (κ1) is 13.9. The molecular formula is C17H17N5O. The Balaban J connectivity index is 1.62. The lowest BCUT2D eigenvalue weighted by atomic mass is 9.99. The number of nitrogens with zero attached hydrogens (tertiary/aromatic N) is 4. The average molecular weight is 307 g/mol. The number of pyridine rings is 1. The van der Waals surface area contributed by atoms with Crippen molar-refractivity contribution >= 4 is 27.9 Å². The summed E-state index contributed by atoms with van der Waals surface area (Å²) < 4.78 is 2.24. The van der Waals surface area contributed by atoms with E-state index < -0.39 is 0 Å². The Bertz CT molecular complexity index is 916. The highest BCUT2D eigenvalue weighted by molar-refractivity contribution is 6.00. The van der Waals surface area contributed by atoms with Crippen molar-refractivity contribution in [1.29, 1.82) is 5.26 Å². The van der Waals surface area contributed by atoms with Gasteiger partial charge < -0.3 is 9.55 Å². The molecule has 0 aliphatic heterocycles. The zero-order valence-electron chi connectivity index (χ0n) is 12.7. The van der Waals surface area contributed by atoms with Gasteiger partial charge >= 0.3 is 0 Å². The van der Waals surface area contributed by atoms with E-state index in [0.29, 0.717) is 18.4 Å². The standard InChI is InChI=1S/C17H17N5O/c18-5-3-13(23)8-11-1-2-12(7-11)22-10-21-15-9-20-17-14(16(15)22)4-6-19-17/h4,6,9-12H,1-3,7-8H2,(H,19,20). The van der Waals surface area contributed by atoms with Crippen molar-refractivity contribution < 1.29 is 4.79 Å². The second-order valence-electron chi connectivity index (χ2n) is 6.29. The molecule has 3 aromatic rings. The largest absolute Gasteiger partial charge is 0.346 e. The van der Waals surface area contributed by atoms with Crippen LogP contribution >= 0.6 is 0 Å². The Labute approximate surface area is 133 Å². The van der Waals surface area contributed by atoms with Crippen molar-refractivity contribution in [2.75, 3.05) is 0 Å². The Kier molecular flexibility index (Phi) is 3.34. The number of rotatable bonds is 4. The summed E-state index contributed by atoms with van der Waals surface area (Å²) in [5, 5.41) is 9.71. The van der Waals surface area contributed by atoms with Crippen LogP contribution < -0.4 is 0 Å². The predicted octanol–water partition coefficient (Wildman–Crippen LogP) is 3.13. The third-order valence-corrected chi connectivity index (χ3v) is 4.82. The number of Topliss-reactive ketones (excluding diaryl/α,β-unsaturated/α-hetero) is 1. The highest BCUT2D eigenvalue weighted by atomic mass is 16.1. The van der Waals surface area contributed by atoms with Crippen LogP contribution in [0.3, 0.4) is 0 Å². The number of ketones is 1. The van der Waals surface area contributed by atoms with Crippen molar-refractivity contribution in [3.8, 4) is 6.07 Å². The van der Waals surface area contributed by atoms with Gasteiger partial charge in [0.05, 0.1) is 30.5 Å². The molecule has 3 heterocycles. The van der Waals surface area contributed by atoms with E-state index in [9.17, 15) is 4.79 Å². The molecule has 6 nitrogen and oxygen atoms in total. The molecule has 2 atom stereocenters. The van der Waals surface area contributed by atoms with E-state index in [0.717, 1.165) is 41.3 Å². The molecule has 0 amide bonds. The van der Waals surface area contributed by atoms with Crippen LogP contribution in [0.5, 0.6) is 0 Å². The molecule has 4 rings (SSSR count). The number of carbonyl (C=O) groups excluding carboxylic acids is 1. The van der Waals surface area contributed by atoms with Crippen molar-refractivity contribution in [2.45, 2.75) is 38.1 Å². The van der Waals surface area contributed by atoms with Crippen LogP contribution in [0, 0.1) is 17.2 Å². The van der Waals surface area contributed by atoms with E-state index in [1.165, 1.54) is 0 Å². The van der Waals surface area contributed by atoms with Gasteiger partial charge in [-0.3, -0.25) is 4.79 Å². The molecule has 1 aliphatic carbocycles. The van der Waals surface area contributed by atoms with E-state index in [1.807, 2.05) is 24.7 Å². The molecule has 3 aromatic heterocycles. The van der Waals surface area contributed by atoms with Gasteiger partial charge in [-0.1, -0.05) is 0 Å². The second-order valence-corrected chi connectivity index (χ2v) is 6.29. The Morgan fingerprint density at radius 3 is 3.22 bits per heavy atom. The molecule has 0 saturated heterocycles. The maximum Gasteiger partial charge on any atom is 0.147 e. The maximum atomic E-state index is 11.7. The van der Waals surface area contributed by atoms with Gasteiger partial charge in [-0.15, -0.1) is 0 Å². The summed E-state index contributed by atoms with van der Waals surface area (Å²) in [7, 11) is 0. The number of nitriles is 1. The van der Waals surface area contributed by atoms with E-state index in [1.54, 1.807) is 6.20 Å². The molecule has 6 heteroatoms. The Morgan fingerprint density at radius 1 is 1.43 bits per heavy atom. The SMILES string of the molecule is N#CCC(=O)CC1CCC(n2cnc3cnc4[nH]ccc4c32)C1.